The highest BCUT2D eigenvalue weighted by Crippen LogP contribution is 2.30. The molecule has 2 aromatic rings. The Labute approximate surface area is 130 Å². The number of halogens is 3. The normalized spacial score (nSPS) is 12.2. The Morgan fingerprint density at radius 1 is 1.29 bits per heavy atom. The van der Waals surface area contributed by atoms with E-state index in [0.29, 0.717) is 5.75 Å². The van der Waals surface area contributed by atoms with Crippen molar-refractivity contribution in [3.63, 3.8) is 0 Å². The Balaban J connectivity index is 2.34. The predicted octanol–water partition coefficient (Wildman–Crippen LogP) is 3.48. The van der Waals surface area contributed by atoms with Crippen LogP contribution < -0.4 is 16.0 Å². The number of ether oxygens (including phenoxy) is 1. The topological polar surface area (TPSA) is 47.3 Å². The van der Waals surface area contributed by atoms with Crippen molar-refractivity contribution < 1.29 is 13.5 Å². The fraction of sp³-hybridized carbons (Fsp3) is 0.200. The Bertz CT molecular complexity index is 637. The third-order valence-electron chi connectivity index (χ3n) is 3.24. The minimum absolute atomic E-state index is 0.214. The van der Waals surface area contributed by atoms with Crippen molar-refractivity contribution in [2.24, 2.45) is 5.84 Å². The van der Waals surface area contributed by atoms with Crippen LogP contribution in [-0.4, -0.2) is 7.11 Å². The second kappa shape index (κ2) is 6.98. The van der Waals surface area contributed by atoms with Crippen molar-refractivity contribution in [2.45, 2.75) is 12.5 Å². The van der Waals surface area contributed by atoms with Crippen molar-refractivity contribution in [2.75, 3.05) is 7.11 Å². The SMILES string of the molecule is COc1ccc(Br)c(C(Cc2cccc(F)c2F)NN)c1. The van der Waals surface area contributed by atoms with Gasteiger partial charge in [-0.05, 0) is 41.8 Å². The summed E-state index contributed by atoms with van der Waals surface area (Å²) in [6.07, 6.45) is 0.214. The van der Waals surface area contributed by atoms with Gasteiger partial charge in [0.1, 0.15) is 5.75 Å². The Morgan fingerprint density at radius 3 is 2.71 bits per heavy atom. The molecule has 0 aliphatic heterocycles. The van der Waals surface area contributed by atoms with Gasteiger partial charge in [0.15, 0.2) is 11.6 Å². The molecule has 2 aromatic carbocycles. The first-order chi connectivity index (χ1) is 10.1. The lowest BCUT2D eigenvalue weighted by atomic mass is 9.98. The molecule has 0 aliphatic carbocycles. The highest BCUT2D eigenvalue weighted by atomic mass is 79.9. The van der Waals surface area contributed by atoms with E-state index in [2.05, 4.69) is 21.4 Å². The van der Waals surface area contributed by atoms with Gasteiger partial charge in [0.05, 0.1) is 13.2 Å². The first-order valence-corrected chi connectivity index (χ1v) is 7.08. The van der Waals surface area contributed by atoms with Crippen molar-refractivity contribution in [3.8, 4) is 5.75 Å². The average Bonchev–Trinajstić information content (AvgIpc) is 2.50. The largest absolute Gasteiger partial charge is 0.497 e. The molecule has 3 N–H and O–H groups in total. The Morgan fingerprint density at radius 2 is 2.05 bits per heavy atom. The molecule has 0 spiro atoms. The summed E-state index contributed by atoms with van der Waals surface area (Å²) in [7, 11) is 1.56. The molecular formula is C15H15BrF2N2O. The maximum Gasteiger partial charge on any atom is 0.162 e. The first kappa shape index (κ1) is 15.9. The van der Waals surface area contributed by atoms with Crippen LogP contribution in [0.5, 0.6) is 5.75 Å². The van der Waals surface area contributed by atoms with Gasteiger partial charge in [-0.25, -0.2) is 8.78 Å². The van der Waals surface area contributed by atoms with Gasteiger partial charge in [0.2, 0.25) is 0 Å². The van der Waals surface area contributed by atoms with E-state index < -0.39 is 11.6 Å². The fourth-order valence-electron chi connectivity index (χ4n) is 2.10. The molecule has 0 saturated carbocycles. The van der Waals surface area contributed by atoms with Gasteiger partial charge in [-0.15, -0.1) is 0 Å². The highest BCUT2D eigenvalue weighted by molar-refractivity contribution is 9.10. The summed E-state index contributed by atoms with van der Waals surface area (Å²) in [6, 6.07) is 9.13. The molecule has 1 atom stereocenters. The van der Waals surface area contributed by atoms with Crippen LogP contribution in [0.15, 0.2) is 40.9 Å². The lowest BCUT2D eigenvalue weighted by molar-refractivity contribution is 0.412. The molecule has 21 heavy (non-hydrogen) atoms. The van der Waals surface area contributed by atoms with E-state index >= 15 is 0 Å². The monoisotopic (exact) mass is 356 g/mol. The van der Waals surface area contributed by atoms with Crippen molar-refractivity contribution in [3.05, 3.63) is 63.6 Å². The number of rotatable bonds is 5. The summed E-state index contributed by atoms with van der Waals surface area (Å²) in [5.74, 6) is 4.52. The summed E-state index contributed by atoms with van der Waals surface area (Å²) in [5.41, 5.74) is 3.69. The number of methoxy groups -OCH3 is 1. The van der Waals surface area contributed by atoms with Gasteiger partial charge in [-0.2, -0.15) is 0 Å². The zero-order valence-corrected chi connectivity index (χ0v) is 13.0. The van der Waals surface area contributed by atoms with Gasteiger partial charge < -0.3 is 4.74 Å². The number of hydrogen-bond acceptors (Lipinski definition) is 3. The summed E-state index contributed by atoms with van der Waals surface area (Å²) in [4.78, 5) is 0. The minimum atomic E-state index is -0.868. The van der Waals surface area contributed by atoms with E-state index in [9.17, 15) is 8.78 Å². The number of hydrogen-bond donors (Lipinski definition) is 2. The van der Waals surface area contributed by atoms with E-state index in [1.807, 2.05) is 6.07 Å². The van der Waals surface area contributed by atoms with Crippen LogP contribution in [-0.2, 0) is 6.42 Å². The Hall–Kier alpha value is -1.50. The van der Waals surface area contributed by atoms with Crippen LogP contribution in [0.4, 0.5) is 8.78 Å². The van der Waals surface area contributed by atoms with Crippen molar-refractivity contribution >= 4 is 15.9 Å². The predicted molar refractivity (Wildman–Crippen MR) is 80.8 cm³/mol. The molecule has 6 heteroatoms. The van der Waals surface area contributed by atoms with Gasteiger partial charge in [-0.1, -0.05) is 28.1 Å². The molecule has 0 aliphatic rings. The quantitative estimate of drug-likeness (QED) is 0.636. The maximum absolute atomic E-state index is 13.8. The summed E-state index contributed by atoms with van der Waals surface area (Å²) >= 11 is 3.43. The zero-order valence-electron chi connectivity index (χ0n) is 11.4. The smallest absolute Gasteiger partial charge is 0.162 e. The maximum atomic E-state index is 13.8. The molecule has 2 rings (SSSR count). The van der Waals surface area contributed by atoms with E-state index in [-0.39, 0.29) is 18.0 Å². The standard InChI is InChI=1S/C15H15BrF2N2O/c1-21-10-5-6-12(16)11(8-10)14(20-19)7-9-3-2-4-13(17)15(9)18/h2-6,8,14,20H,7,19H2,1H3. The van der Waals surface area contributed by atoms with Gasteiger partial charge >= 0.3 is 0 Å². The molecule has 0 radical (unpaired) electrons. The van der Waals surface area contributed by atoms with E-state index in [1.165, 1.54) is 12.1 Å². The van der Waals surface area contributed by atoms with Crippen LogP contribution in [0.25, 0.3) is 0 Å². The number of benzene rings is 2. The molecule has 112 valence electrons. The molecule has 0 saturated heterocycles. The molecule has 0 amide bonds. The van der Waals surface area contributed by atoms with Gasteiger partial charge in [0.25, 0.3) is 0 Å². The van der Waals surface area contributed by atoms with Crippen LogP contribution in [0, 0.1) is 11.6 Å². The average molecular weight is 357 g/mol. The minimum Gasteiger partial charge on any atom is -0.497 e. The fourth-order valence-corrected chi connectivity index (χ4v) is 2.62. The van der Waals surface area contributed by atoms with E-state index in [4.69, 9.17) is 10.6 Å². The lowest BCUT2D eigenvalue weighted by Gasteiger charge is -2.19. The summed E-state index contributed by atoms with van der Waals surface area (Å²) < 4.78 is 33.0. The Kier molecular flexibility index (Phi) is 5.27. The van der Waals surface area contributed by atoms with E-state index in [0.717, 1.165) is 16.1 Å². The molecule has 1 unspecified atom stereocenters. The lowest BCUT2D eigenvalue weighted by Crippen LogP contribution is -2.30. The molecule has 0 heterocycles. The third-order valence-corrected chi connectivity index (χ3v) is 3.96. The molecule has 0 aromatic heterocycles. The van der Waals surface area contributed by atoms with Crippen molar-refractivity contribution in [1.29, 1.82) is 0 Å². The number of nitrogens with two attached hydrogens (primary N) is 1. The zero-order chi connectivity index (χ0) is 15.4. The summed E-state index contributed by atoms with van der Waals surface area (Å²) in [5, 5.41) is 0. The third kappa shape index (κ3) is 3.58. The molecular weight excluding hydrogens is 342 g/mol. The molecule has 0 bridgehead atoms. The highest BCUT2D eigenvalue weighted by Gasteiger charge is 2.18. The number of nitrogens with one attached hydrogen (secondary N) is 1. The van der Waals surface area contributed by atoms with Crippen LogP contribution >= 0.6 is 15.9 Å². The molecule has 0 fully saturated rings. The summed E-state index contributed by atoms with van der Waals surface area (Å²) in [6.45, 7) is 0. The number of hydrazine groups is 1. The second-order valence-corrected chi connectivity index (χ2v) is 5.38. The van der Waals surface area contributed by atoms with Crippen LogP contribution in [0.2, 0.25) is 0 Å². The second-order valence-electron chi connectivity index (χ2n) is 4.52. The van der Waals surface area contributed by atoms with Gasteiger partial charge in [0, 0.05) is 4.47 Å². The van der Waals surface area contributed by atoms with Crippen LogP contribution in [0.3, 0.4) is 0 Å². The van der Waals surface area contributed by atoms with E-state index in [1.54, 1.807) is 19.2 Å². The molecule has 3 nitrogen and oxygen atoms in total. The first-order valence-electron chi connectivity index (χ1n) is 6.29. The van der Waals surface area contributed by atoms with Gasteiger partial charge in [-0.3, -0.25) is 11.3 Å². The van der Waals surface area contributed by atoms with Crippen molar-refractivity contribution in [1.82, 2.24) is 5.43 Å². The van der Waals surface area contributed by atoms with Crippen LogP contribution in [0.1, 0.15) is 17.2 Å².